The molecule has 3 rings (SSSR count). The Balaban J connectivity index is 1.50. The highest BCUT2D eigenvalue weighted by Crippen LogP contribution is 2.20. The van der Waals surface area contributed by atoms with Crippen molar-refractivity contribution < 1.29 is 18.4 Å². The van der Waals surface area contributed by atoms with Gasteiger partial charge in [0.1, 0.15) is 17.4 Å². The van der Waals surface area contributed by atoms with Gasteiger partial charge in [0.25, 0.3) is 0 Å². The van der Waals surface area contributed by atoms with Crippen molar-refractivity contribution in [1.82, 2.24) is 15.0 Å². The van der Waals surface area contributed by atoms with E-state index in [4.69, 9.17) is 4.52 Å². The molecule has 130 valence electrons. The van der Waals surface area contributed by atoms with Crippen LogP contribution in [0.25, 0.3) is 0 Å². The molecule has 1 aliphatic rings. The highest BCUT2D eigenvalue weighted by Gasteiger charge is 2.22. The van der Waals surface area contributed by atoms with Crippen LogP contribution in [0.1, 0.15) is 23.1 Å². The predicted molar refractivity (Wildman–Crippen MR) is 84.3 cm³/mol. The molecule has 1 aromatic heterocycles. The largest absolute Gasteiger partial charge is 0.387 e. The van der Waals surface area contributed by atoms with E-state index in [0.717, 1.165) is 62.4 Å². The molecule has 1 aromatic carbocycles. The summed E-state index contributed by atoms with van der Waals surface area (Å²) in [5.74, 6) is -0.328. The van der Waals surface area contributed by atoms with Crippen molar-refractivity contribution >= 4 is 0 Å². The molecule has 2 aromatic rings. The van der Waals surface area contributed by atoms with E-state index >= 15 is 0 Å². The number of aliphatic hydroxyl groups excluding tert-OH is 1. The van der Waals surface area contributed by atoms with Gasteiger partial charge in [-0.3, -0.25) is 9.80 Å². The Morgan fingerprint density at radius 2 is 1.88 bits per heavy atom. The average Bonchev–Trinajstić information content (AvgIpc) is 2.96. The summed E-state index contributed by atoms with van der Waals surface area (Å²) in [6.07, 6.45) is -1.04. The molecule has 2 heterocycles. The third kappa shape index (κ3) is 4.17. The normalized spacial score (nSPS) is 18.0. The number of aliphatic hydroxyl groups is 1. The minimum absolute atomic E-state index is 0.00972. The van der Waals surface area contributed by atoms with Gasteiger partial charge in [0.15, 0.2) is 0 Å². The van der Waals surface area contributed by atoms with Gasteiger partial charge in [-0.1, -0.05) is 5.16 Å². The molecule has 0 saturated carbocycles. The zero-order valence-electron chi connectivity index (χ0n) is 13.6. The van der Waals surface area contributed by atoms with Crippen LogP contribution in [0.15, 0.2) is 28.8 Å². The first-order chi connectivity index (χ1) is 11.5. The summed E-state index contributed by atoms with van der Waals surface area (Å²) in [4.78, 5) is 4.31. The fraction of sp³-hybridized carbons (Fsp3) is 0.471. The Morgan fingerprint density at radius 1 is 1.17 bits per heavy atom. The second-order valence-electron chi connectivity index (χ2n) is 6.19. The topological polar surface area (TPSA) is 52.7 Å². The lowest BCUT2D eigenvalue weighted by atomic mass is 10.1. The first kappa shape index (κ1) is 17.0. The third-order valence-electron chi connectivity index (χ3n) is 4.28. The van der Waals surface area contributed by atoms with Crippen LogP contribution in [-0.2, 0) is 6.54 Å². The van der Waals surface area contributed by atoms with Gasteiger partial charge in [0.2, 0.25) is 0 Å². The summed E-state index contributed by atoms with van der Waals surface area (Å²) >= 11 is 0. The van der Waals surface area contributed by atoms with Gasteiger partial charge in [0.05, 0.1) is 11.8 Å². The lowest BCUT2D eigenvalue weighted by Crippen LogP contribution is -2.47. The van der Waals surface area contributed by atoms with Crippen LogP contribution in [0.2, 0.25) is 0 Å². The smallest absolute Gasteiger partial charge is 0.133 e. The molecule has 5 nitrogen and oxygen atoms in total. The molecule has 0 radical (unpaired) electrons. The number of aryl methyl sites for hydroxylation is 1. The molecule has 1 saturated heterocycles. The van der Waals surface area contributed by atoms with Crippen LogP contribution in [-0.4, -0.2) is 52.8 Å². The van der Waals surface area contributed by atoms with E-state index in [1.807, 2.05) is 13.0 Å². The Hall–Kier alpha value is -1.83. The lowest BCUT2D eigenvalue weighted by Gasteiger charge is -2.35. The molecular weight excluding hydrogens is 316 g/mol. The zero-order chi connectivity index (χ0) is 17.1. The molecule has 1 atom stereocenters. The molecule has 0 amide bonds. The zero-order valence-corrected chi connectivity index (χ0v) is 13.6. The molecule has 0 aliphatic carbocycles. The maximum Gasteiger partial charge on any atom is 0.133 e. The number of aromatic nitrogens is 1. The van der Waals surface area contributed by atoms with Crippen molar-refractivity contribution in [2.24, 2.45) is 0 Å². The fourth-order valence-electron chi connectivity index (χ4n) is 2.96. The van der Waals surface area contributed by atoms with Crippen LogP contribution in [0.3, 0.4) is 0 Å². The first-order valence-corrected chi connectivity index (χ1v) is 8.01. The highest BCUT2D eigenvalue weighted by atomic mass is 19.1. The Kier molecular flexibility index (Phi) is 5.23. The summed E-state index contributed by atoms with van der Waals surface area (Å²) in [6.45, 7) is 6.04. The maximum absolute atomic E-state index is 13.7. The molecule has 24 heavy (non-hydrogen) atoms. The number of benzene rings is 1. The fourth-order valence-corrected chi connectivity index (χ4v) is 2.96. The molecular formula is C17H21F2N3O2. The summed E-state index contributed by atoms with van der Waals surface area (Å²) in [5, 5.41) is 14.2. The van der Waals surface area contributed by atoms with Crippen molar-refractivity contribution in [3.8, 4) is 0 Å². The van der Waals surface area contributed by atoms with Gasteiger partial charge in [0, 0.05) is 50.9 Å². The monoisotopic (exact) mass is 337 g/mol. The van der Waals surface area contributed by atoms with E-state index in [1.54, 1.807) is 0 Å². The van der Waals surface area contributed by atoms with Gasteiger partial charge >= 0.3 is 0 Å². The summed E-state index contributed by atoms with van der Waals surface area (Å²) in [5.41, 5.74) is 0.915. The Labute approximate surface area is 139 Å². The predicted octanol–water partition coefficient (Wildman–Crippen LogP) is 2.11. The summed E-state index contributed by atoms with van der Waals surface area (Å²) < 4.78 is 32.0. The standard InChI is InChI=1S/C17H21F2N3O2/c1-12-8-14(20-24-12)10-21-4-6-22(7-5-21)11-17(23)15-9-13(18)2-3-16(15)19/h2-3,8-9,17,23H,4-7,10-11H2,1H3. The molecule has 1 N–H and O–H groups in total. The van der Waals surface area contributed by atoms with Gasteiger partial charge in [-0.05, 0) is 25.1 Å². The van der Waals surface area contributed by atoms with Crippen LogP contribution in [0.4, 0.5) is 8.78 Å². The van der Waals surface area contributed by atoms with E-state index in [1.165, 1.54) is 0 Å². The minimum atomic E-state index is -1.04. The molecule has 1 fully saturated rings. The van der Waals surface area contributed by atoms with Gasteiger partial charge < -0.3 is 9.63 Å². The first-order valence-electron chi connectivity index (χ1n) is 8.01. The molecule has 0 bridgehead atoms. The second kappa shape index (κ2) is 7.38. The van der Waals surface area contributed by atoms with Gasteiger partial charge in [-0.2, -0.15) is 0 Å². The SMILES string of the molecule is Cc1cc(CN2CCN(CC(O)c3cc(F)ccc3F)CC2)no1. The molecule has 1 unspecified atom stereocenters. The Morgan fingerprint density at radius 3 is 2.54 bits per heavy atom. The van der Waals surface area contributed by atoms with E-state index in [2.05, 4.69) is 15.0 Å². The van der Waals surface area contributed by atoms with Crippen LogP contribution in [0, 0.1) is 18.6 Å². The van der Waals surface area contributed by atoms with E-state index in [-0.39, 0.29) is 12.1 Å². The molecule has 1 aliphatic heterocycles. The minimum Gasteiger partial charge on any atom is -0.387 e. The number of hydrogen-bond acceptors (Lipinski definition) is 5. The van der Waals surface area contributed by atoms with Crippen LogP contribution in [0.5, 0.6) is 0 Å². The highest BCUT2D eigenvalue weighted by molar-refractivity contribution is 5.21. The Bertz CT molecular complexity index is 684. The average molecular weight is 337 g/mol. The van der Waals surface area contributed by atoms with Crippen LogP contribution < -0.4 is 0 Å². The van der Waals surface area contributed by atoms with Crippen molar-refractivity contribution in [1.29, 1.82) is 0 Å². The van der Waals surface area contributed by atoms with E-state index < -0.39 is 17.7 Å². The van der Waals surface area contributed by atoms with Crippen molar-refractivity contribution in [3.05, 3.63) is 52.9 Å². The van der Waals surface area contributed by atoms with Crippen LogP contribution >= 0.6 is 0 Å². The van der Waals surface area contributed by atoms with Gasteiger partial charge in [-0.15, -0.1) is 0 Å². The number of nitrogens with zero attached hydrogens (tertiary/aromatic N) is 3. The third-order valence-corrected chi connectivity index (χ3v) is 4.28. The second-order valence-corrected chi connectivity index (χ2v) is 6.19. The number of rotatable bonds is 5. The van der Waals surface area contributed by atoms with Crippen molar-refractivity contribution in [2.75, 3.05) is 32.7 Å². The number of hydrogen-bond donors (Lipinski definition) is 1. The quantitative estimate of drug-likeness (QED) is 0.906. The summed E-state index contributed by atoms with van der Waals surface area (Å²) in [7, 11) is 0. The number of piperazine rings is 1. The van der Waals surface area contributed by atoms with E-state index in [0.29, 0.717) is 0 Å². The van der Waals surface area contributed by atoms with E-state index in [9.17, 15) is 13.9 Å². The summed E-state index contributed by atoms with van der Waals surface area (Å²) in [6, 6.07) is 5.08. The number of β-amino-alcohol motifs (C(OH)–C–C–N with tert-alkyl or cyclic N) is 1. The van der Waals surface area contributed by atoms with Crippen molar-refractivity contribution in [2.45, 2.75) is 19.6 Å². The van der Waals surface area contributed by atoms with Crippen molar-refractivity contribution in [3.63, 3.8) is 0 Å². The molecule has 0 spiro atoms. The van der Waals surface area contributed by atoms with Gasteiger partial charge in [-0.25, -0.2) is 8.78 Å². The maximum atomic E-state index is 13.7. The lowest BCUT2D eigenvalue weighted by molar-refractivity contribution is 0.0676. The molecule has 7 heteroatoms. The number of halogens is 2.